The Morgan fingerprint density at radius 3 is 2.47 bits per heavy atom. The van der Waals surface area contributed by atoms with E-state index < -0.39 is 17.4 Å². The van der Waals surface area contributed by atoms with E-state index in [1.165, 1.54) is 18.7 Å². The van der Waals surface area contributed by atoms with E-state index in [0.29, 0.717) is 18.5 Å². The molecule has 0 aromatic carbocycles. The fraction of sp³-hybridized carbons (Fsp3) is 0.500. The molecule has 3 N–H and O–H groups in total. The van der Waals surface area contributed by atoms with Crippen LogP contribution in [0.3, 0.4) is 0 Å². The minimum absolute atomic E-state index is 0.141. The van der Waals surface area contributed by atoms with Crippen molar-refractivity contribution in [1.29, 1.82) is 0 Å². The molecule has 0 spiro atoms. The number of urea groups is 1. The molecule has 1 fully saturated rings. The molecule has 7 nitrogen and oxygen atoms in total. The second-order valence-corrected chi connectivity index (χ2v) is 4.73. The zero-order chi connectivity index (χ0) is 13.7. The number of carboxylic acid groups (broad SMARTS) is 1. The van der Waals surface area contributed by atoms with Gasteiger partial charge in [0, 0.05) is 6.54 Å². The number of anilines is 1. The first kappa shape index (κ1) is 13.3. The second-order valence-electron chi connectivity index (χ2n) is 4.73. The maximum absolute atomic E-state index is 11.7. The van der Waals surface area contributed by atoms with Gasteiger partial charge in [-0.25, -0.2) is 14.8 Å². The summed E-state index contributed by atoms with van der Waals surface area (Å²) in [5, 5.41) is 14.4. The van der Waals surface area contributed by atoms with Crippen molar-refractivity contribution in [3.05, 3.63) is 18.7 Å². The van der Waals surface area contributed by atoms with E-state index in [1.54, 1.807) is 0 Å². The van der Waals surface area contributed by atoms with Crippen molar-refractivity contribution in [3.63, 3.8) is 0 Å². The zero-order valence-electron chi connectivity index (χ0n) is 10.4. The minimum atomic E-state index is -0.839. The lowest BCUT2D eigenvalue weighted by Gasteiger charge is -2.23. The summed E-state index contributed by atoms with van der Waals surface area (Å²) in [6.45, 7) is 0.141. The van der Waals surface area contributed by atoms with Gasteiger partial charge in [0.05, 0.1) is 23.5 Å². The molecule has 1 aromatic rings. The Bertz CT molecular complexity index is 457. The number of carbonyl (C=O) groups excluding carboxylic acids is 1. The molecule has 0 aliphatic heterocycles. The molecule has 1 aromatic heterocycles. The summed E-state index contributed by atoms with van der Waals surface area (Å²) < 4.78 is 0. The molecule has 0 atom stereocenters. The number of aromatic nitrogens is 2. The van der Waals surface area contributed by atoms with Crippen molar-refractivity contribution in [3.8, 4) is 0 Å². The third-order valence-corrected chi connectivity index (χ3v) is 3.42. The van der Waals surface area contributed by atoms with Gasteiger partial charge in [-0.2, -0.15) is 0 Å². The van der Waals surface area contributed by atoms with Crippen molar-refractivity contribution < 1.29 is 14.7 Å². The number of carboxylic acids is 1. The summed E-state index contributed by atoms with van der Waals surface area (Å²) in [4.78, 5) is 30.5. The average molecular weight is 264 g/mol. The number of amides is 2. The summed E-state index contributed by atoms with van der Waals surface area (Å²) >= 11 is 0. The lowest BCUT2D eigenvalue weighted by Crippen LogP contribution is -2.42. The topological polar surface area (TPSA) is 104 Å². The Labute approximate surface area is 110 Å². The standard InChI is InChI=1S/C12H16N4O3/c17-10(18)12(3-1-2-4-12)7-15-11(19)16-9-5-13-8-14-6-9/h5-6,8H,1-4,7H2,(H,17,18)(H2,15,16,19). The van der Waals surface area contributed by atoms with Gasteiger partial charge in [0.1, 0.15) is 6.33 Å². The molecule has 2 rings (SSSR count). The number of nitrogens with one attached hydrogen (secondary N) is 2. The van der Waals surface area contributed by atoms with E-state index in [1.807, 2.05) is 0 Å². The predicted molar refractivity (Wildman–Crippen MR) is 67.6 cm³/mol. The molecule has 7 heteroatoms. The molecule has 1 saturated carbocycles. The smallest absolute Gasteiger partial charge is 0.319 e. The van der Waals surface area contributed by atoms with Gasteiger partial charge in [0.2, 0.25) is 0 Å². The van der Waals surface area contributed by atoms with Gasteiger partial charge in [-0.1, -0.05) is 12.8 Å². The number of carbonyl (C=O) groups is 2. The third kappa shape index (κ3) is 3.18. The maximum Gasteiger partial charge on any atom is 0.319 e. The highest BCUT2D eigenvalue weighted by molar-refractivity contribution is 5.89. The zero-order valence-corrected chi connectivity index (χ0v) is 10.4. The van der Waals surface area contributed by atoms with Crippen LogP contribution >= 0.6 is 0 Å². The van der Waals surface area contributed by atoms with E-state index >= 15 is 0 Å². The van der Waals surface area contributed by atoms with Crippen LogP contribution in [0.15, 0.2) is 18.7 Å². The summed E-state index contributed by atoms with van der Waals surface area (Å²) in [6.07, 6.45) is 7.30. The molecule has 2 amide bonds. The van der Waals surface area contributed by atoms with Crippen LogP contribution in [0.2, 0.25) is 0 Å². The number of rotatable bonds is 4. The quantitative estimate of drug-likeness (QED) is 0.759. The van der Waals surface area contributed by atoms with Crippen LogP contribution in [0.4, 0.5) is 10.5 Å². The molecule has 0 saturated heterocycles. The largest absolute Gasteiger partial charge is 0.481 e. The molecular weight excluding hydrogens is 248 g/mol. The number of aliphatic carboxylic acids is 1. The Balaban J connectivity index is 1.88. The van der Waals surface area contributed by atoms with Crippen LogP contribution in [0.5, 0.6) is 0 Å². The van der Waals surface area contributed by atoms with Gasteiger partial charge in [-0.15, -0.1) is 0 Å². The van der Waals surface area contributed by atoms with Crippen molar-refractivity contribution >= 4 is 17.7 Å². The Hall–Kier alpha value is -2.18. The highest BCUT2D eigenvalue weighted by Crippen LogP contribution is 2.37. The van der Waals surface area contributed by atoms with Crippen molar-refractivity contribution in [1.82, 2.24) is 15.3 Å². The summed E-state index contributed by atoms with van der Waals surface area (Å²) in [6, 6.07) is -0.442. The minimum Gasteiger partial charge on any atom is -0.481 e. The highest BCUT2D eigenvalue weighted by Gasteiger charge is 2.41. The predicted octanol–water partition coefficient (Wildman–Crippen LogP) is 1.24. The molecule has 0 unspecified atom stereocenters. The summed E-state index contributed by atoms with van der Waals surface area (Å²) in [7, 11) is 0. The van der Waals surface area contributed by atoms with Gasteiger partial charge in [0.25, 0.3) is 0 Å². The van der Waals surface area contributed by atoms with Gasteiger partial charge in [-0.05, 0) is 12.8 Å². The van der Waals surface area contributed by atoms with Crippen LogP contribution in [0.25, 0.3) is 0 Å². The first-order chi connectivity index (χ1) is 9.12. The van der Waals surface area contributed by atoms with Gasteiger partial charge in [0.15, 0.2) is 0 Å². The maximum atomic E-state index is 11.7. The van der Waals surface area contributed by atoms with E-state index in [2.05, 4.69) is 20.6 Å². The summed E-state index contributed by atoms with van der Waals surface area (Å²) in [5.41, 5.74) is -0.347. The molecule has 0 bridgehead atoms. The van der Waals surface area contributed by atoms with Crippen molar-refractivity contribution in [2.45, 2.75) is 25.7 Å². The normalized spacial score (nSPS) is 16.8. The van der Waals surface area contributed by atoms with Crippen LogP contribution < -0.4 is 10.6 Å². The van der Waals surface area contributed by atoms with E-state index in [4.69, 9.17) is 0 Å². The number of hydrogen-bond acceptors (Lipinski definition) is 4. The first-order valence-electron chi connectivity index (χ1n) is 6.16. The molecule has 102 valence electrons. The van der Waals surface area contributed by atoms with Gasteiger partial charge in [-0.3, -0.25) is 4.79 Å². The fourth-order valence-electron chi connectivity index (χ4n) is 2.31. The van der Waals surface area contributed by atoms with Crippen LogP contribution in [0, 0.1) is 5.41 Å². The van der Waals surface area contributed by atoms with E-state index in [9.17, 15) is 14.7 Å². The molecule has 1 aliphatic rings. The molecule has 19 heavy (non-hydrogen) atoms. The Kier molecular flexibility index (Phi) is 3.94. The van der Waals surface area contributed by atoms with Crippen LogP contribution in [-0.4, -0.2) is 33.6 Å². The Morgan fingerprint density at radius 1 is 1.26 bits per heavy atom. The highest BCUT2D eigenvalue weighted by atomic mass is 16.4. The second kappa shape index (κ2) is 5.64. The molecule has 1 heterocycles. The molecule has 1 aliphatic carbocycles. The van der Waals surface area contributed by atoms with Gasteiger partial charge < -0.3 is 15.7 Å². The van der Waals surface area contributed by atoms with Gasteiger partial charge >= 0.3 is 12.0 Å². The number of nitrogens with zero attached hydrogens (tertiary/aromatic N) is 2. The van der Waals surface area contributed by atoms with E-state index in [-0.39, 0.29) is 6.54 Å². The number of hydrogen-bond donors (Lipinski definition) is 3. The molecular formula is C12H16N4O3. The van der Waals surface area contributed by atoms with Crippen molar-refractivity contribution in [2.75, 3.05) is 11.9 Å². The average Bonchev–Trinajstić information content (AvgIpc) is 2.88. The monoisotopic (exact) mass is 264 g/mol. The lowest BCUT2D eigenvalue weighted by atomic mass is 9.86. The van der Waals surface area contributed by atoms with E-state index in [0.717, 1.165) is 12.8 Å². The lowest BCUT2D eigenvalue weighted by molar-refractivity contribution is -0.148. The first-order valence-corrected chi connectivity index (χ1v) is 6.16. The fourth-order valence-corrected chi connectivity index (χ4v) is 2.31. The summed E-state index contributed by atoms with van der Waals surface area (Å²) in [5.74, 6) is -0.839. The Morgan fingerprint density at radius 2 is 1.89 bits per heavy atom. The van der Waals surface area contributed by atoms with Crippen LogP contribution in [-0.2, 0) is 4.79 Å². The third-order valence-electron chi connectivity index (χ3n) is 3.42. The SMILES string of the molecule is O=C(NCC1(C(=O)O)CCCC1)Nc1cncnc1. The van der Waals surface area contributed by atoms with Crippen molar-refractivity contribution in [2.24, 2.45) is 5.41 Å². The molecule has 0 radical (unpaired) electrons. The van der Waals surface area contributed by atoms with Crippen LogP contribution in [0.1, 0.15) is 25.7 Å².